The number of aromatic carboxylic acids is 1. The molecule has 0 saturated carbocycles. The van der Waals surface area contributed by atoms with Gasteiger partial charge in [-0.1, -0.05) is 0 Å². The Morgan fingerprint density at radius 2 is 1.82 bits per heavy atom. The van der Waals surface area contributed by atoms with Gasteiger partial charge in [0.05, 0.1) is 7.11 Å². The molecule has 0 fully saturated rings. The summed E-state index contributed by atoms with van der Waals surface area (Å²) in [5.74, 6) is -1.71. The average Bonchev–Trinajstić information content (AvgIpc) is 2.24. The Bertz CT molecular complexity index is 471. The van der Waals surface area contributed by atoms with E-state index in [1.54, 1.807) is 0 Å². The van der Waals surface area contributed by atoms with Crippen LogP contribution in [-0.2, 0) is 9.53 Å². The highest BCUT2D eigenvalue weighted by molar-refractivity contribution is 6.00. The molecule has 17 heavy (non-hydrogen) atoms. The van der Waals surface area contributed by atoms with Crippen molar-refractivity contribution in [1.82, 2.24) is 0 Å². The second-order valence-electron chi connectivity index (χ2n) is 3.24. The Hall–Kier alpha value is -2.50. The van der Waals surface area contributed by atoms with Crippen LogP contribution in [0.3, 0.4) is 0 Å². The summed E-state index contributed by atoms with van der Waals surface area (Å²) in [6.45, 7) is 0. The number of carboxylic acids is 1. The Kier molecular flexibility index (Phi) is 3.71. The van der Waals surface area contributed by atoms with Gasteiger partial charge in [-0.05, 0) is 23.8 Å². The summed E-state index contributed by atoms with van der Waals surface area (Å²) >= 11 is 0. The number of carbonyl (C=O) groups excluding carboxylic acids is 1. The van der Waals surface area contributed by atoms with Crippen LogP contribution in [0.5, 0.6) is 0 Å². The molecule has 1 aromatic rings. The van der Waals surface area contributed by atoms with Crippen molar-refractivity contribution in [3.05, 3.63) is 29.3 Å². The summed E-state index contributed by atoms with van der Waals surface area (Å²) in [4.78, 5) is 21.7. The van der Waals surface area contributed by atoms with Gasteiger partial charge in [0.25, 0.3) is 0 Å². The number of methoxy groups -OCH3 is 1. The predicted octanol–water partition coefficient (Wildman–Crippen LogP) is 0.735. The molecule has 5 N–H and O–H groups in total. The highest BCUT2D eigenvalue weighted by Crippen LogP contribution is 2.22. The Morgan fingerprint density at radius 1 is 1.29 bits per heavy atom. The van der Waals surface area contributed by atoms with Crippen LogP contribution < -0.4 is 11.5 Å². The van der Waals surface area contributed by atoms with Gasteiger partial charge in [-0.25, -0.2) is 9.59 Å². The summed E-state index contributed by atoms with van der Waals surface area (Å²) in [5, 5.41) is 8.84. The number of carboxylic acid groups (broad SMARTS) is 1. The highest BCUT2D eigenvalue weighted by Gasteiger charge is 2.12. The number of carbonyl (C=O) groups is 2. The summed E-state index contributed by atoms with van der Waals surface area (Å²) in [6, 6.07) is 2.83. The Balaban J connectivity index is 3.11. The van der Waals surface area contributed by atoms with Gasteiger partial charge in [0.1, 0.15) is 5.56 Å². The summed E-state index contributed by atoms with van der Waals surface area (Å²) in [7, 11) is 1.25. The zero-order chi connectivity index (χ0) is 13.0. The number of hydrogen-bond acceptors (Lipinski definition) is 5. The lowest BCUT2D eigenvalue weighted by Crippen LogP contribution is -2.07. The second-order valence-corrected chi connectivity index (χ2v) is 3.24. The minimum Gasteiger partial charge on any atom is -0.478 e. The van der Waals surface area contributed by atoms with Gasteiger partial charge < -0.3 is 21.3 Å². The number of hydrogen-bond donors (Lipinski definition) is 3. The number of nitrogen functional groups attached to an aromatic ring is 2. The van der Waals surface area contributed by atoms with Gasteiger partial charge in [0.2, 0.25) is 0 Å². The van der Waals surface area contributed by atoms with Gasteiger partial charge in [-0.2, -0.15) is 0 Å². The van der Waals surface area contributed by atoms with Crippen LogP contribution >= 0.6 is 0 Å². The van der Waals surface area contributed by atoms with Crippen LogP contribution in [0, 0.1) is 0 Å². The molecule has 0 saturated heterocycles. The van der Waals surface area contributed by atoms with Gasteiger partial charge in [0.15, 0.2) is 0 Å². The van der Waals surface area contributed by atoms with E-state index in [0.29, 0.717) is 5.56 Å². The first-order chi connectivity index (χ1) is 7.95. The molecular weight excluding hydrogens is 224 g/mol. The number of rotatable bonds is 3. The molecule has 0 spiro atoms. The molecule has 6 heteroatoms. The quantitative estimate of drug-likeness (QED) is 0.405. The van der Waals surface area contributed by atoms with Crippen LogP contribution in [0.4, 0.5) is 11.4 Å². The summed E-state index contributed by atoms with van der Waals surface area (Å²) in [5.41, 5.74) is 11.6. The fourth-order valence-corrected chi connectivity index (χ4v) is 1.29. The van der Waals surface area contributed by atoms with E-state index in [1.807, 2.05) is 0 Å². The zero-order valence-electron chi connectivity index (χ0n) is 9.14. The van der Waals surface area contributed by atoms with Crippen molar-refractivity contribution in [2.75, 3.05) is 18.6 Å². The fourth-order valence-electron chi connectivity index (χ4n) is 1.29. The maximum Gasteiger partial charge on any atom is 0.339 e. The number of nitrogens with two attached hydrogens (primary N) is 2. The Morgan fingerprint density at radius 3 is 2.24 bits per heavy atom. The Labute approximate surface area is 97.5 Å². The van der Waals surface area contributed by atoms with Crippen LogP contribution in [0.1, 0.15) is 15.9 Å². The number of ether oxygens (including phenoxy) is 1. The van der Waals surface area contributed by atoms with E-state index in [1.165, 1.54) is 31.4 Å². The van der Waals surface area contributed by atoms with E-state index in [-0.39, 0.29) is 16.9 Å². The van der Waals surface area contributed by atoms with Crippen molar-refractivity contribution in [1.29, 1.82) is 0 Å². The molecular formula is C11H12N2O4. The third-order valence-corrected chi connectivity index (χ3v) is 2.05. The maximum atomic E-state index is 10.9. The lowest BCUT2D eigenvalue weighted by Gasteiger charge is -2.06. The SMILES string of the molecule is COC(=O)/C=C/c1cc(N)c(C(=O)O)c(N)c1. The predicted molar refractivity (Wildman–Crippen MR) is 63.3 cm³/mol. The summed E-state index contributed by atoms with van der Waals surface area (Å²) in [6.07, 6.45) is 2.62. The first-order valence-corrected chi connectivity index (χ1v) is 4.64. The molecule has 0 atom stereocenters. The monoisotopic (exact) mass is 236 g/mol. The van der Waals surface area contributed by atoms with E-state index in [9.17, 15) is 9.59 Å². The molecule has 0 aliphatic rings. The number of esters is 1. The van der Waals surface area contributed by atoms with Crippen LogP contribution in [0.25, 0.3) is 6.08 Å². The van der Waals surface area contributed by atoms with Gasteiger partial charge in [-0.3, -0.25) is 0 Å². The van der Waals surface area contributed by atoms with Gasteiger partial charge in [-0.15, -0.1) is 0 Å². The molecule has 0 aliphatic carbocycles. The molecule has 0 aromatic heterocycles. The van der Waals surface area contributed by atoms with Crippen LogP contribution in [0.2, 0.25) is 0 Å². The third kappa shape index (κ3) is 2.97. The van der Waals surface area contributed by atoms with E-state index in [4.69, 9.17) is 16.6 Å². The minimum absolute atomic E-state index is 0.0435. The molecule has 0 amide bonds. The largest absolute Gasteiger partial charge is 0.478 e. The van der Waals surface area contributed by atoms with Crippen molar-refractivity contribution >= 4 is 29.4 Å². The van der Waals surface area contributed by atoms with Crippen molar-refractivity contribution in [3.8, 4) is 0 Å². The van der Waals surface area contributed by atoms with Gasteiger partial charge >= 0.3 is 11.9 Å². The van der Waals surface area contributed by atoms with E-state index in [0.717, 1.165) is 0 Å². The normalized spacial score (nSPS) is 10.4. The van der Waals surface area contributed by atoms with Crippen molar-refractivity contribution in [3.63, 3.8) is 0 Å². The molecule has 0 bridgehead atoms. The van der Waals surface area contributed by atoms with Crippen molar-refractivity contribution in [2.45, 2.75) is 0 Å². The average molecular weight is 236 g/mol. The van der Waals surface area contributed by atoms with E-state index in [2.05, 4.69) is 4.74 Å². The van der Waals surface area contributed by atoms with E-state index < -0.39 is 11.9 Å². The summed E-state index contributed by atoms with van der Waals surface area (Å²) < 4.78 is 4.41. The molecule has 1 aromatic carbocycles. The standard InChI is InChI=1S/C11H12N2O4/c1-17-9(14)3-2-6-4-7(12)10(11(15)16)8(13)5-6/h2-5H,12-13H2,1H3,(H,15,16)/b3-2+. The first-order valence-electron chi connectivity index (χ1n) is 4.64. The third-order valence-electron chi connectivity index (χ3n) is 2.05. The smallest absolute Gasteiger partial charge is 0.339 e. The van der Waals surface area contributed by atoms with Gasteiger partial charge in [0, 0.05) is 17.5 Å². The van der Waals surface area contributed by atoms with Crippen molar-refractivity contribution < 1.29 is 19.4 Å². The first kappa shape index (κ1) is 12.6. The molecule has 90 valence electrons. The lowest BCUT2D eigenvalue weighted by molar-refractivity contribution is -0.134. The fraction of sp³-hybridized carbons (Fsp3) is 0.0909. The second kappa shape index (κ2) is 5.02. The number of benzene rings is 1. The number of anilines is 2. The maximum absolute atomic E-state index is 10.9. The van der Waals surface area contributed by atoms with Crippen molar-refractivity contribution in [2.24, 2.45) is 0 Å². The topological polar surface area (TPSA) is 116 Å². The van der Waals surface area contributed by atoms with Crippen LogP contribution in [-0.4, -0.2) is 24.2 Å². The molecule has 6 nitrogen and oxygen atoms in total. The highest BCUT2D eigenvalue weighted by atomic mass is 16.5. The molecule has 0 unspecified atom stereocenters. The zero-order valence-corrected chi connectivity index (χ0v) is 9.14. The van der Waals surface area contributed by atoms with Crippen LogP contribution in [0.15, 0.2) is 18.2 Å². The molecule has 0 heterocycles. The molecule has 0 radical (unpaired) electrons. The van der Waals surface area contributed by atoms with E-state index >= 15 is 0 Å². The lowest BCUT2D eigenvalue weighted by atomic mass is 10.1. The minimum atomic E-state index is -1.19. The molecule has 0 aliphatic heterocycles. The molecule has 1 rings (SSSR count).